The van der Waals surface area contributed by atoms with Crippen LogP contribution < -0.4 is 0 Å². The molecule has 0 bridgehead atoms. The number of hydrogen-bond donors (Lipinski definition) is 1. The second kappa shape index (κ2) is 3.38. The minimum Gasteiger partial charge on any atom is -0.465 e. The number of fused-ring (bicyclic) bond motifs is 1. The van der Waals surface area contributed by atoms with E-state index >= 15 is 0 Å². The van der Waals surface area contributed by atoms with Crippen LogP contribution in [-0.4, -0.2) is 23.0 Å². The third kappa shape index (κ3) is 1.58. The molecule has 2 rings (SSSR count). The summed E-state index contributed by atoms with van der Waals surface area (Å²) in [6.07, 6.45) is 0. The molecule has 0 radical (unpaired) electrons. The van der Waals surface area contributed by atoms with Crippen molar-refractivity contribution in [2.45, 2.75) is 13.8 Å². The summed E-state index contributed by atoms with van der Waals surface area (Å²) in [6, 6.07) is 3.54. The maximum atomic E-state index is 11.4. The van der Waals surface area contributed by atoms with Crippen LogP contribution in [0.5, 0.6) is 0 Å². The molecule has 2 aromatic rings. The maximum absolute atomic E-state index is 11.4. The van der Waals surface area contributed by atoms with Crippen LogP contribution in [0.2, 0.25) is 0 Å². The first kappa shape index (κ1) is 9.71. The number of rotatable bonds is 1. The van der Waals surface area contributed by atoms with Gasteiger partial charge in [-0.05, 0) is 31.5 Å². The van der Waals surface area contributed by atoms with Crippen LogP contribution in [0.25, 0.3) is 11.0 Å². The first-order valence-electron chi connectivity index (χ1n) is 4.67. The highest BCUT2D eigenvalue weighted by atomic mass is 16.5. The lowest BCUT2D eigenvalue weighted by molar-refractivity contribution is 0.0601. The molecule has 1 aromatic heterocycles. The summed E-state index contributed by atoms with van der Waals surface area (Å²) in [7, 11) is 1.38. The fourth-order valence-electron chi connectivity index (χ4n) is 1.65. The summed E-state index contributed by atoms with van der Waals surface area (Å²) in [6.45, 7) is 3.81. The Morgan fingerprint density at radius 1 is 1.40 bits per heavy atom. The predicted octanol–water partition coefficient (Wildman–Crippen LogP) is 1.97. The molecule has 1 N–H and O–H groups in total. The minimum atomic E-state index is -0.327. The average molecular weight is 204 g/mol. The highest BCUT2D eigenvalue weighted by Crippen LogP contribution is 2.18. The van der Waals surface area contributed by atoms with Crippen LogP contribution in [0.3, 0.4) is 0 Å². The van der Waals surface area contributed by atoms with E-state index in [2.05, 4.69) is 14.7 Å². The molecule has 4 heteroatoms. The molecule has 0 atom stereocenters. The van der Waals surface area contributed by atoms with Gasteiger partial charge in [0.15, 0.2) is 0 Å². The number of aromatic nitrogens is 2. The molecule has 0 aliphatic carbocycles. The number of hydrogen-bond acceptors (Lipinski definition) is 3. The van der Waals surface area contributed by atoms with Crippen LogP contribution in [-0.2, 0) is 4.74 Å². The predicted molar refractivity (Wildman–Crippen MR) is 56.9 cm³/mol. The lowest BCUT2D eigenvalue weighted by Gasteiger charge is -2.01. The number of aromatic amines is 1. The standard InChI is InChI=1S/C11H12N2O2/c1-6-4-8(11(14)15-3)5-9-10(6)13-7(2)12-9/h4-5H,1-3H3,(H,12,13). The zero-order valence-electron chi connectivity index (χ0n) is 8.92. The highest BCUT2D eigenvalue weighted by molar-refractivity contribution is 5.94. The number of benzene rings is 1. The third-order valence-corrected chi connectivity index (χ3v) is 2.32. The number of ether oxygens (including phenoxy) is 1. The second-order valence-corrected chi connectivity index (χ2v) is 3.50. The molecule has 1 heterocycles. The van der Waals surface area contributed by atoms with E-state index < -0.39 is 0 Å². The van der Waals surface area contributed by atoms with Gasteiger partial charge >= 0.3 is 5.97 Å². The summed E-state index contributed by atoms with van der Waals surface area (Å²) < 4.78 is 4.67. The van der Waals surface area contributed by atoms with Gasteiger partial charge in [0.25, 0.3) is 0 Å². The van der Waals surface area contributed by atoms with Gasteiger partial charge in [0.1, 0.15) is 5.82 Å². The van der Waals surface area contributed by atoms with E-state index in [1.807, 2.05) is 13.8 Å². The Hall–Kier alpha value is -1.84. The number of esters is 1. The van der Waals surface area contributed by atoms with Gasteiger partial charge in [-0.15, -0.1) is 0 Å². The zero-order valence-corrected chi connectivity index (χ0v) is 8.92. The summed E-state index contributed by atoms with van der Waals surface area (Å²) >= 11 is 0. The Balaban J connectivity index is 2.66. The number of H-pyrrole nitrogens is 1. The van der Waals surface area contributed by atoms with Crippen molar-refractivity contribution in [3.63, 3.8) is 0 Å². The summed E-state index contributed by atoms with van der Waals surface area (Å²) in [5.41, 5.74) is 3.29. The van der Waals surface area contributed by atoms with Crippen LogP contribution in [0, 0.1) is 13.8 Å². The minimum absolute atomic E-state index is 0.327. The smallest absolute Gasteiger partial charge is 0.337 e. The SMILES string of the molecule is COC(=O)c1cc(C)c2nc(C)[nH]c2c1. The molecule has 1 aromatic carbocycles. The summed E-state index contributed by atoms with van der Waals surface area (Å²) in [4.78, 5) is 18.8. The number of carbonyl (C=O) groups is 1. The highest BCUT2D eigenvalue weighted by Gasteiger charge is 2.10. The van der Waals surface area contributed by atoms with Gasteiger partial charge < -0.3 is 9.72 Å². The van der Waals surface area contributed by atoms with Gasteiger partial charge in [0, 0.05) is 0 Å². The first-order chi connectivity index (χ1) is 7.11. The average Bonchev–Trinajstić information content (AvgIpc) is 2.58. The molecular formula is C11H12N2O2. The van der Waals surface area contributed by atoms with Crippen molar-refractivity contribution in [3.05, 3.63) is 29.1 Å². The molecule has 0 unspecified atom stereocenters. The maximum Gasteiger partial charge on any atom is 0.337 e. The van der Waals surface area contributed by atoms with Crippen molar-refractivity contribution in [1.82, 2.24) is 9.97 Å². The third-order valence-electron chi connectivity index (χ3n) is 2.32. The van der Waals surface area contributed by atoms with Gasteiger partial charge in [-0.25, -0.2) is 9.78 Å². The first-order valence-corrected chi connectivity index (χ1v) is 4.67. The topological polar surface area (TPSA) is 55.0 Å². The van der Waals surface area contributed by atoms with Crippen molar-refractivity contribution in [1.29, 1.82) is 0 Å². The number of aryl methyl sites for hydroxylation is 2. The van der Waals surface area contributed by atoms with Gasteiger partial charge in [-0.2, -0.15) is 0 Å². The quantitative estimate of drug-likeness (QED) is 0.722. The Bertz CT molecular complexity index is 529. The van der Waals surface area contributed by atoms with Crippen LogP contribution >= 0.6 is 0 Å². The van der Waals surface area contributed by atoms with Crippen LogP contribution in [0.1, 0.15) is 21.7 Å². The van der Waals surface area contributed by atoms with E-state index in [0.717, 1.165) is 22.4 Å². The van der Waals surface area contributed by atoms with Crippen molar-refractivity contribution in [2.75, 3.05) is 7.11 Å². The van der Waals surface area contributed by atoms with Crippen LogP contribution in [0.4, 0.5) is 0 Å². The summed E-state index contributed by atoms with van der Waals surface area (Å²) in [5, 5.41) is 0. The molecule has 0 amide bonds. The van der Waals surface area contributed by atoms with E-state index in [4.69, 9.17) is 0 Å². The zero-order chi connectivity index (χ0) is 11.0. The Morgan fingerprint density at radius 3 is 2.80 bits per heavy atom. The molecule has 0 saturated heterocycles. The molecule has 78 valence electrons. The van der Waals surface area contributed by atoms with Crippen molar-refractivity contribution in [2.24, 2.45) is 0 Å². The van der Waals surface area contributed by atoms with E-state index in [9.17, 15) is 4.79 Å². The molecule has 0 spiro atoms. The Labute approximate surface area is 87.3 Å². The number of methoxy groups -OCH3 is 1. The van der Waals surface area contributed by atoms with Crippen molar-refractivity contribution < 1.29 is 9.53 Å². The second-order valence-electron chi connectivity index (χ2n) is 3.50. The van der Waals surface area contributed by atoms with Crippen molar-refractivity contribution in [3.8, 4) is 0 Å². The Morgan fingerprint density at radius 2 is 2.13 bits per heavy atom. The summed E-state index contributed by atoms with van der Waals surface area (Å²) in [5.74, 6) is 0.516. The largest absolute Gasteiger partial charge is 0.465 e. The van der Waals surface area contributed by atoms with E-state index in [1.54, 1.807) is 12.1 Å². The molecule has 15 heavy (non-hydrogen) atoms. The van der Waals surface area contributed by atoms with Gasteiger partial charge in [-0.3, -0.25) is 0 Å². The number of nitrogens with zero attached hydrogens (tertiary/aromatic N) is 1. The monoisotopic (exact) mass is 204 g/mol. The molecular weight excluding hydrogens is 192 g/mol. The molecule has 4 nitrogen and oxygen atoms in total. The molecule has 0 aliphatic rings. The molecule has 0 aliphatic heterocycles. The number of carbonyl (C=O) groups excluding carboxylic acids is 1. The van der Waals surface area contributed by atoms with Crippen LogP contribution in [0.15, 0.2) is 12.1 Å². The number of imidazole rings is 1. The van der Waals surface area contributed by atoms with Gasteiger partial charge in [-0.1, -0.05) is 0 Å². The van der Waals surface area contributed by atoms with E-state index in [0.29, 0.717) is 5.56 Å². The fourth-order valence-corrected chi connectivity index (χ4v) is 1.65. The van der Waals surface area contributed by atoms with Gasteiger partial charge in [0.2, 0.25) is 0 Å². The number of nitrogens with one attached hydrogen (secondary N) is 1. The lowest BCUT2D eigenvalue weighted by atomic mass is 10.1. The fraction of sp³-hybridized carbons (Fsp3) is 0.273. The van der Waals surface area contributed by atoms with Gasteiger partial charge in [0.05, 0.1) is 23.7 Å². The normalized spacial score (nSPS) is 10.6. The molecule has 0 fully saturated rings. The lowest BCUT2D eigenvalue weighted by Crippen LogP contribution is -2.01. The van der Waals surface area contributed by atoms with E-state index in [1.165, 1.54) is 7.11 Å². The molecule has 0 saturated carbocycles. The van der Waals surface area contributed by atoms with Crippen molar-refractivity contribution >= 4 is 17.0 Å². The van der Waals surface area contributed by atoms with E-state index in [-0.39, 0.29) is 5.97 Å². The Kier molecular flexibility index (Phi) is 2.19.